The predicted molar refractivity (Wildman–Crippen MR) is 83.7 cm³/mol. The third-order valence-electron chi connectivity index (χ3n) is 4.15. The first-order valence-electron chi connectivity index (χ1n) is 7.46. The van der Waals surface area contributed by atoms with E-state index in [9.17, 15) is 5.11 Å². The normalized spacial score (nSPS) is 17.8. The van der Waals surface area contributed by atoms with Gasteiger partial charge in [0.15, 0.2) is 0 Å². The molecule has 0 spiro atoms. The Morgan fingerprint density at radius 3 is 2.65 bits per heavy atom. The van der Waals surface area contributed by atoms with Crippen LogP contribution in [-0.2, 0) is 0 Å². The molecule has 0 amide bonds. The summed E-state index contributed by atoms with van der Waals surface area (Å²) in [4.78, 5) is 0. The van der Waals surface area contributed by atoms with Crippen LogP contribution in [0.2, 0.25) is 5.02 Å². The van der Waals surface area contributed by atoms with Gasteiger partial charge in [0, 0.05) is 17.6 Å². The van der Waals surface area contributed by atoms with Gasteiger partial charge in [-0.2, -0.15) is 0 Å². The first-order valence-corrected chi connectivity index (χ1v) is 7.84. The predicted octanol–water partition coefficient (Wildman–Crippen LogP) is 4.09. The molecule has 4 heteroatoms. The standard InChI is InChI=1S/C16H24ClNO2/c1-2-20-15-7-6-13(10-14(15)17)18-11-16(12-19)8-4-3-5-9-16/h6-7,10,18-19H,2-5,8-9,11-12H2,1H3. The van der Waals surface area contributed by atoms with Crippen molar-refractivity contribution in [1.29, 1.82) is 0 Å². The third-order valence-corrected chi connectivity index (χ3v) is 4.44. The zero-order valence-electron chi connectivity index (χ0n) is 12.1. The fourth-order valence-electron chi connectivity index (χ4n) is 2.87. The summed E-state index contributed by atoms with van der Waals surface area (Å²) in [6, 6.07) is 5.76. The zero-order valence-corrected chi connectivity index (χ0v) is 12.9. The topological polar surface area (TPSA) is 41.5 Å². The minimum atomic E-state index is 0.0311. The molecule has 1 fully saturated rings. The molecule has 1 saturated carbocycles. The quantitative estimate of drug-likeness (QED) is 0.831. The van der Waals surface area contributed by atoms with Gasteiger partial charge in [0.05, 0.1) is 18.2 Å². The summed E-state index contributed by atoms with van der Waals surface area (Å²) in [5.41, 5.74) is 1.01. The molecular formula is C16H24ClNO2. The van der Waals surface area contributed by atoms with Crippen LogP contribution in [0.5, 0.6) is 5.75 Å². The van der Waals surface area contributed by atoms with Gasteiger partial charge in [-0.05, 0) is 38.0 Å². The van der Waals surface area contributed by atoms with E-state index in [1.165, 1.54) is 19.3 Å². The average Bonchev–Trinajstić information content (AvgIpc) is 2.49. The fraction of sp³-hybridized carbons (Fsp3) is 0.625. The van der Waals surface area contributed by atoms with Crippen molar-refractivity contribution in [3.05, 3.63) is 23.2 Å². The fourth-order valence-corrected chi connectivity index (χ4v) is 3.10. The van der Waals surface area contributed by atoms with Crippen molar-refractivity contribution in [2.45, 2.75) is 39.0 Å². The lowest BCUT2D eigenvalue weighted by Gasteiger charge is -2.36. The number of rotatable bonds is 6. The van der Waals surface area contributed by atoms with E-state index >= 15 is 0 Å². The highest BCUT2D eigenvalue weighted by atomic mass is 35.5. The largest absolute Gasteiger partial charge is 0.492 e. The van der Waals surface area contributed by atoms with Crippen LogP contribution in [0.25, 0.3) is 0 Å². The Bertz CT molecular complexity index is 430. The number of hydrogen-bond donors (Lipinski definition) is 2. The van der Waals surface area contributed by atoms with E-state index in [1.54, 1.807) is 0 Å². The van der Waals surface area contributed by atoms with Crippen LogP contribution in [0.4, 0.5) is 5.69 Å². The van der Waals surface area contributed by atoms with Gasteiger partial charge in [0.2, 0.25) is 0 Å². The van der Waals surface area contributed by atoms with Crippen LogP contribution < -0.4 is 10.1 Å². The highest BCUT2D eigenvalue weighted by Crippen LogP contribution is 2.36. The molecule has 1 aromatic rings. The molecule has 2 N–H and O–H groups in total. The Kier molecular flexibility index (Phi) is 5.55. The second kappa shape index (κ2) is 7.19. The molecule has 3 nitrogen and oxygen atoms in total. The average molecular weight is 298 g/mol. The van der Waals surface area contributed by atoms with Gasteiger partial charge in [-0.3, -0.25) is 0 Å². The highest BCUT2D eigenvalue weighted by Gasteiger charge is 2.31. The lowest BCUT2D eigenvalue weighted by Crippen LogP contribution is -2.35. The molecule has 0 aromatic heterocycles. The second-order valence-electron chi connectivity index (χ2n) is 5.65. The van der Waals surface area contributed by atoms with Gasteiger partial charge < -0.3 is 15.2 Å². The molecule has 0 unspecified atom stereocenters. The minimum Gasteiger partial charge on any atom is -0.492 e. The van der Waals surface area contributed by atoms with Gasteiger partial charge in [-0.25, -0.2) is 0 Å². The number of benzene rings is 1. The maximum Gasteiger partial charge on any atom is 0.138 e. The number of ether oxygens (including phenoxy) is 1. The van der Waals surface area contributed by atoms with Crippen LogP contribution in [0.3, 0.4) is 0 Å². The van der Waals surface area contributed by atoms with E-state index in [-0.39, 0.29) is 12.0 Å². The summed E-state index contributed by atoms with van der Waals surface area (Å²) in [5, 5.41) is 13.7. The summed E-state index contributed by atoms with van der Waals surface area (Å²) in [6.07, 6.45) is 5.91. The molecule has 0 saturated heterocycles. The molecule has 2 rings (SSSR count). The molecule has 0 atom stereocenters. The summed E-state index contributed by atoms with van der Waals surface area (Å²) < 4.78 is 5.43. The number of hydrogen-bond acceptors (Lipinski definition) is 3. The smallest absolute Gasteiger partial charge is 0.138 e. The number of nitrogens with one attached hydrogen (secondary N) is 1. The molecule has 0 aliphatic heterocycles. The van der Waals surface area contributed by atoms with Crippen molar-refractivity contribution in [2.75, 3.05) is 25.1 Å². The number of anilines is 1. The Balaban J connectivity index is 1.97. The second-order valence-corrected chi connectivity index (χ2v) is 6.06. The SMILES string of the molecule is CCOc1ccc(NCC2(CO)CCCCC2)cc1Cl. The molecule has 0 bridgehead atoms. The molecular weight excluding hydrogens is 274 g/mol. The molecule has 112 valence electrons. The Hall–Kier alpha value is -0.930. The van der Waals surface area contributed by atoms with Crippen LogP contribution in [0.1, 0.15) is 39.0 Å². The van der Waals surface area contributed by atoms with E-state index < -0.39 is 0 Å². The van der Waals surface area contributed by atoms with E-state index in [0.717, 1.165) is 25.1 Å². The molecule has 20 heavy (non-hydrogen) atoms. The summed E-state index contributed by atoms with van der Waals surface area (Å²) >= 11 is 6.18. The number of aliphatic hydroxyl groups excluding tert-OH is 1. The van der Waals surface area contributed by atoms with Crippen molar-refractivity contribution in [3.8, 4) is 5.75 Å². The van der Waals surface area contributed by atoms with E-state index in [2.05, 4.69) is 5.32 Å². The Morgan fingerprint density at radius 2 is 2.05 bits per heavy atom. The van der Waals surface area contributed by atoms with Crippen LogP contribution in [-0.4, -0.2) is 24.9 Å². The molecule has 1 aromatic carbocycles. The molecule has 1 aliphatic rings. The first kappa shape index (κ1) is 15.5. The summed E-state index contributed by atoms with van der Waals surface area (Å²) in [5.74, 6) is 0.717. The first-order chi connectivity index (χ1) is 9.69. The number of halogens is 1. The van der Waals surface area contributed by atoms with E-state index in [0.29, 0.717) is 17.4 Å². The monoisotopic (exact) mass is 297 g/mol. The lowest BCUT2D eigenvalue weighted by atomic mass is 9.74. The van der Waals surface area contributed by atoms with Gasteiger partial charge in [-0.1, -0.05) is 30.9 Å². The van der Waals surface area contributed by atoms with Crippen molar-refractivity contribution in [2.24, 2.45) is 5.41 Å². The zero-order chi connectivity index (χ0) is 14.4. The highest BCUT2D eigenvalue weighted by molar-refractivity contribution is 6.32. The van der Waals surface area contributed by atoms with Crippen LogP contribution in [0, 0.1) is 5.41 Å². The molecule has 1 aliphatic carbocycles. The minimum absolute atomic E-state index is 0.0311. The van der Waals surface area contributed by atoms with E-state index in [4.69, 9.17) is 16.3 Å². The maximum atomic E-state index is 9.70. The maximum absolute atomic E-state index is 9.70. The van der Waals surface area contributed by atoms with Crippen LogP contribution >= 0.6 is 11.6 Å². The van der Waals surface area contributed by atoms with Crippen molar-refractivity contribution < 1.29 is 9.84 Å². The van der Waals surface area contributed by atoms with Gasteiger partial charge in [0.1, 0.15) is 5.75 Å². The van der Waals surface area contributed by atoms with Gasteiger partial charge in [0.25, 0.3) is 0 Å². The molecule has 0 radical (unpaired) electrons. The number of aliphatic hydroxyl groups is 1. The Morgan fingerprint density at radius 1 is 1.30 bits per heavy atom. The van der Waals surface area contributed by atoms with Gasteiger partial charge >= 0.3 is 0 Å². The van der Waals surface area contributed by atoms with Crippen molar-refractivity contribution in [1.82, 2.24) is 0 Å². The van der Waals surface area contributed by atoms with Gasteiger partial charge in [-0.15, -0.1) is 0 Å². The third kappa shape index (κ3) is 3.80. The van der Waals surface area contributed by atoms with Crippen molar-refractivity contribution >= 4 is 17.3 Å². The Labute approximate surface area is 126 Å². The summed E-state index contributed by atoms with van der Waals surface area (Å²) in [7, 11) is 0. The lowest BCUT2D eigenvalue weighted by molar-refractivity contribution is 0.0944. The molecule has 0 heterocycles. The van der Waals surface area contributed by atoms with E-state index in [1.807, 2.05) is 25.1 Å². The van der Waals surface area contributed by atoms with Crippen LogP contribution in [0.15, 0.2) is 18.2 Å². The van der Waals surface area contributed by atoms with Crippen molar-refractivity contribution in [3.63, 3.8) is 0 Å². The summed E-state index contributed by atoms with van der Waals surface area (Å²) in [6.45, 7) is 3.61.